The first-order valence-corrected chi connectivity index (χ1v) is 5.54. The molecule has 1 unspecified atom stereocenters. The van der Waals surface area contributed by atoms with Crippen molar-refractivity contribution in [3.63, 3.8) is 0 Å². The molecule has 1 amide bonds. The molecule has 0 radical (unpaired) electrons. The Morgan fingerprint density at radius 3 is 2.56 bits per heavy atom. The van der Waals surface area contributed by atoms with E-state index in [0.29, 0.717) is 22.5 Å². The van der Waals surface area contributed by atoms with E-state index in [1.165, 1.54) is 17.8 Å². The molecule has 1 aromatic rings. The number of hydrogen-bond acceptors (Lipinski definition) is 7. The highest BCUT2D eigenvalue weighted by molar-refractivity contribution is 7.99. The summed E-state index contributed by atoms with van der Waals surface area (Å²) in [7, 11) is 0. The molecule has 0 saturated carbocycles. The van der Waals surface area contributed by atoms with Crippen LogP contribution in [0.4, 0.5) is 11.6 Å². The summed E-state index contributed by atoms with van der Waals surface area (Å²) in [6, 6.07) is 1.47. The molecule has 0 spiro atoms. The quantitative estimate of drug-likeness (QED) is 0.181. The number of thioether (sulfide) groups is 1. The molecule has 1 rings (SSSR count). The first-order chi connectivity index (χ1) is 7.52. The highest BCUT2D eigenvalue weighted by atomic mass is 32.2. The molecule has 1 aromatic heterocycles. The standard InChI is InChI=1S/C8H14N6OS/c1-4(7(15)14-11)3-16-8-12-5(9)2-6(10)13-8/h2,4H,3,11H2,1H3,(H,14,15)(H4,9,10,12,13). The lowest BCUT2D eigenvalue weighted by Gasteiger charge is -2.08. The van der Waals surface area contributed by atoms with E-state index in [-0.39, 0.29) is 11.8 Å². The Labute approximate surface area is 97.2 Å². The second kappa shape index (κ2) is 5.52. The van der Waals surface area contributed by atoms with Crippen molar-refractivity contribution in [2.45, 2.75) is 12.1 Å². The van der Waals surface area contributed by atoms with Gasteiger partial charge in [-0.25, -0.2) is 15.8 Å². The molecular weight excluding hydrogens is 228 g/mol. The van der Waals surface area contributed by atoms with E-state index in [1.807, 2.05) is 0 Å². The summed E-state index contributed by atoms with van der Waals surface area (Å²) < 4.78 is 0. The Kier molecular flexibility index (Phi) is 4.32. The smallest absolute Gasteiger partial charge is 0.237 e. The van der Waals surface area contributed by atoms with Crippen molar-refractivity contribution in [1.82, 2.24) is 15.4 Å². The zero-order valence-electron chi connectivity index (χ0n) is 8.80. The van der Waals surface area contributed by atoms with Crippen LogP contribution in [0.15, 0.2) is 11.2 Å². The van der Waals surface area contributed by atoms with E-state index >= 15 is 0 Å². The van der Waals surface area contributed by atoms with Crippen molar-refractivity contribution in [2.24, 2.45) is 11.8 Å². The van der Waals surface area contributed by atoms with Gasteiger partial charge in [-0.3, -0.25) is 10.2 Å². The van der Waals surface area contributed by atoms with Gasteiger partial charge in [0.05, 0.1) is 0 Å². The summed E-state index contributed by atoms with van der Waals surface area (Å²) in [6.07, 6.45) is 0. The van der Waals surface area contributed by atoms with Crippen LogP contribution < -0.4 is 22.7 Å². The number of anilines is 2. The zero-order valence-corrected chi connectivity index (χ0v) is 9.62. The number of aromatic nitrogens is 2. The molecule has 1 heterocycles. The normalized spacial score (nSPS) is 12.1. The summed E-state index contributed by atoms with van der Waals surface area (Å²) in [5.41, 5.74) is 13.1. The topological polar surface area (TPSA) is 133 Å². The van der Waals surface area contributed by atoms with Gasteiger partial charge in [0.2, 0.25) is 5.91 Å². The Morgan fingerprint density at radius 2 is 2.06 bits per heavy atom. The van der Waals surface area contributed by atoms with Crippen LogP contribution in [0.1, 0.15) is 6.92 Å². The second-order valence-corrected chi connectivity index (χ2v) is 4.21. The van der Waals surface area contributed by atoms with E-state index in [9.17, 15) is 4.79 Å². The number of hydrazine groups is 1. The van der Waals surface area contributed by atoms with Gasteiger partial charge in [-0.15, -0.1) is 0 Å². The minimum atomic E-state index is -0.235. The van der Waals surface area contributed by atoms with Crippen LogP contribution in [0.2, 0.25) is 0 Å². The first kappa shape index (κ1) is 12.5. The highest BCUT2D eigenvalue weighted by Gasteiger charge is 2.12. The fourth-order valence-electron chi connectivity index (χ4n) is 0.944. The molecule has 8 heteroatoms. The van der Waals surface area contributed by atoms with Crippen LogP contribution in [0.25, 0.3) is 0 Å². The molecule has 0 aromatic carbocycles. The number of carbonyl (C=O) groups is 1. The predicted molar refractivity (Wildman–Crippen MR) is 63.1 cm³/mol. The summed E-state index contributed by atoms with van der Waals surface area (Å²) in [5.74, 6) is 5.67. The number of nitrogen functional groups attached to an aromatic ring is 2. The largest absolute Gasteiger partial charge is 0.383 e. The molecule has 0 aliphatic rings. The number of hydrogen-bond donors (Lipinski definition) is 4. The van der Waals surface area contributed by atoms with Crippen molar-refractivity contribution >= 4 is 29.3 Å². The molecule has 88 valence electrons. The first-order valence-electron chi connectivity index (χ1n) is 4.56. The van der Waals surface area contributed by atoms with Crippen LogP contribution >= 0.6 is 11.8 Å². The van der Waals surface area contributed by atoms with Crippen LogP contribution in [0, 0.1) is 5.92 Å². The van der Waals surface area contributed by atoms with E-state index in [0.717, 1.165) is 0 Å². The Hall–Kier alpha value is -1.54. The average Bonchev–Trinajstić information content (AvgIpc) is 2.23. The maximum atomic E-state index is 11.1. The molecule has 0 aliphatic carbocycles. The number of amides is 1. The highest BCUT2D eigenvalue weighted by Crippen LogP contribution is 2.19. The van der Waals surface area contributed by atoms with E-state index in [1.54, 1.807) is 6.92 Å². The lowest BCUT2D eigenvalue weighted by Crippen LogP contribution is -2.35. The monoisotopic (exact) mass is 242 g/mol. The number of nitrogens with one attached hydrogen (secondary N) is 1. The molecule has 0 saturated heterocycles. The minimum absolute atomic E-state index is 0.232. The number of rotatable bonds is 4. The van der Waals surface area contributed by atoms with Crippen molar-refractivity contribution in [3.8, 4) is 0 Å². The SMILES string of the molecule is CC(CSc1nc(N)cc(N)n1)C(=O)NN. The summed E-state index contributed by atoms with van der Waals surface area (Å²) in [6.45, 7) is 1.75. The molecule has 0 aliphatic heterocycles. The lowest BCUT2D eigenvalue weighted by molar-refractivity contribution is -0.123. The van der Waals surface area contributed by atoms with Gasteiger partial charge >= 0.3 is 0 Å². The number of nitrogens with two attached hydrogens (primary N) is 3. The molecule has 0 bridgehead atoms. The Balaban J connectivity index is 2.57. The molecular formula is C8H14N6OS. The predicted octanol–water partition coefficient (Wildman–Crippen LogP) is -0.641. The zero-order chi connectivity index (χ0) is 12.1. The maximum Gasteiger partial charge on any atom is 0.237 e. The fourth-order valence-corrected chi connectivity index (χ4v) is 1.83. The van der Waals surface area contributed by atoms with Crippen LogP contribution in [0.5, 0.6) is 0 Å². The molecule has 7 N–H and O–H groups in total. The van der Waals surface area contributed by atoms with Gasteiger partial charge in [-0.1, -0.05) is 18.7 Å². The van der Waals surface area contributed by atoms with Gasteiger partial charge in [0, 0.05) is 17.7 Å². The summed E-state index contributed by atoms with van der Waals surface area (Å²) in [4.78, 5) is 19.1. The third-order valence-electron chi connectivity index (χ3n) is 1.80. The van der Waals surface area contributed by atoms with Crippen molar-refractivity contribution in [3.05, 3.63) is 6.07 Å². The van der Waals surface area contributed by atoms with Gasteiger partial charge < -0.3 is 11.5 Å². The van der Waals surface area contributed by atoms with Gasteiger partial charge in [-0.05, 0) is 0 Å². The van der Waals surface area contributed by atoms with E-state index in [4.69, 9.17) is 17.3 Å². The molecule has 0 fully saturated rings. The van der Waals surface area contributed by atoms with Gasteiger partial charge in [0.1, 0.15) is 11.6 Å². The van der Waals surface area contributed by atoms with Crippen LogP contribution in [-0.4, -0.2) is 21.6 Å². The van der Waals surface area contributed by atoms with Crippen molar-refractivity contribution in [2.75, 3.05) is 17.2 Å². The summed E-state index contributed by atoms with van der Waals surface area (Å²) >= 11 is 1.30. The summed E-state index contributed by atoms with van der Waals surface area (Å²) in [5, 5.41) is 0.453. The van der Waals surface area contributed by atoms with Crippen LogP contribution in [0.3, 0.4) is 0 Å². The minimum Gasteiger partial charge on any atom is -0.383 e. The van der Waals surface area contributed by atoms with E-state index < -0.39 is 0 Å². The lowest BCUT2D eigenvalue weighted by atomic mass is 10.2. The number of carbonyl (C=O) groups excluding carboxylic acids is 1. The molecule has 7 nitrogen and oxygen atoms in total. The maximum absolute atomic E-state index is 11.1. The van der Waals surface area contributed by atoms with Gasteiger partial charge in [0.15, 0.2) is 5.16 Å². The Morgan fingerprint density at radius 1 is 1.50 bits per heavy atom. The second-order valence-electron chi connectivity index (χ2n) is 3.22. The van der Waals surface area contributed by atoms with Crippen molar-refractivity contribution < 1.29 is 4.79 Å². The van der Waals surface area contributed by atoms with Gasteiger partial charge in [-0.2, -0.15) is 0 Å². The average molecular weight is 242 g/mol. The molecule has 1 atom stereocenters. The number of nitrogens with zero attached hydrogens (tertiary/aromatic N) is 2. The third-order valence-corrected chi connectivity index (χ3v) is 2.90. The molecule has 16 heavy (non-hydrogen) atoms. The third kappa shape index (κ3) is 3.55. The Bertz CT molecular complexity index is 365. The van der Waals surface area contributed by atoms with Gasteiger partial charge in [0.25, 0.3) is 0 Å². The van der Waals surface area contributed by atoms with Crippen molar-refractivity contribution in [1.29, 1.82) is 0 Å². The van der Waals surface area contributed by atoms with E-state index in [2.05, 4.69) is 15.4 Å². The van der Waals surface area contributed by atoms with Crippen LogP contribution in [-0.2, 0) is 4.79 Å². The fraction of sp³-hybridized carbons (Fsp3) is 0.375.